The lowest BCUT2D eigenvalue weighted by Gasteiger charge is -2.10. The molecule has 7 nitrogen and oxygen atoms in total. The van der Waals surface area contributed by atoms with Crippen LogP contribution in [0.25, 0.3) is 16.7 Å². The maximum Gasteiger partial charge on any atom is 0.319 e. The van der Waals surface area contributed by atoms with Crippen LogP contribution in [0.3, 0.4) is 0 Å². The van der Waals surface area contributed by atoms with Gasteiger partial charge in [0.2, 0.25) is 0 Å². The number of carbonyl (C=O) groups excluding carboxylic acids is 1. The molecule has 0 N–H and O–H groups in total. The number of fused-ring (bicyclic) bond motifs is 1. The first kappa shape index (κ1) is 16.5. The monoisotopic (exact) mass is 373 g/mol. The summed E-state index contributed by atoms with van der Waals surface area (Å²) in [6.07, 6.45) is 0.566. The molecule has 1 aliphatic heterocycles. The Labute approximate surface area is 150 Å². The fourth-order valence-electron chi connectivity index (χ4n) is 2.79. The molecule has 0 bridgehead atoms. The van der Waals surface area contributed by atoms with Gasteiger partial charge in [-0.3, -0.25) is 19.5 Å². The van der Waals surface area contributed by atoms with Gasteiger partial charge < -0.3 is 4.74 Å². The summed E-state index contributed by atoms with van der Waals surface area (Å²) >= 11 is 1.24. The molecule has 2 heterocycles. The van der Waals surface area contributed by atoms with Crippen molar-refractivity contribution in [2.75, 3.05) is 6.61 Å². The zero-order chi connectivity index (χ0) is 18.3. The summed E-state index contributed by atoms with van der Waals surface area (Å²) in [5, 5.41) is 11.1. The quantitative estimate of drug-likeness (QED) is 0.395. The zero-order valence-corrected chi connectivity index (χ0v) is 14.1. The normalized spacial score (nSPS) is 16.8. The minimum Gasteiger partial charge on any atom is -0.465 e. The maximum atomic E-state index is 13.3. The average molecular weight is 373 g/mol. The summed E-state index contributed by atoms with van der Waals surface area (Å²) in [5.74, 6) is -0.680. The Kier molecular flexibility index (Phi) is 4.08. The fraction of sp³-hybridized carbons (Fsp3) is 0.176. The number of nitro benzene ring substituents is 1. The van der Waals surface area contributed by atoms with Crippen molar-refractivity contribution in [3.8, 4) is 5.69 Å². The van der Waals surface area contributed by atoms with E-state index in [-0.39, 0.29) is 22.7 Å². The van der Waals surface area contributed by atoms with E-state index < -0.39 is 4.92 Å². The molecule has 0 amide bonds. The minimum atomic E-state index is -0.489. The summed E-state index contributed by atoms with van der Waals surface area (Å²) in [6, 6.07) is 10.2. The van der Waals surface area contributed by atoms with E-state index in [2.05, 4.69) is 4.98 Å². The maximum absolute atomic E-state index is 13.3. The predicted molar refractivity (Wildman–Crippen MR) is 92.9 cm³/mol. The van der Waals surface area contributed by atoms with Gasteiger partial charge in [-0.2, -0.15) is 0 Å². The summed E-state index contributed by atoms with van der Waals surface area (Å²) < 4.78 is 20.0. The van der Waals surface area contributed by atoms with Crippen LogP contribution < -0.4 is 0 Å². The van der Waals surface area contributed by atoms with E-state index in [1.54, 1.807) is 22.8 Å². The minimum absolute atomic E-state index is 0.0712. The second-order valence-electron chi connectivity index (χ2n) is 5.70. The number of carbonyl (C=O) groups is 1. The number of cyclic esters (lactones) is 1. The van der Waals surface area contributed by atoms with Crippen molar-refractivity contribution in [3.05, 3.63) is 58.4 Å². The molecule has 0 saturated carbocycles. The third kappa shape index (κ3) is 2.90. The molecule has 3 aromatic rings. The standard InChI is InChI=1S/C17H12FN3O4S/c18-10-1-3-11(4-2-10)20-14-6-5-12(21(23)24)9-13(14)19-17(20)26-15-7-8-25-16(15)22/h1-6,9,15H,7-8H2/t15-/m1/s1. The van der Waals surface area contributed by atoms with Gasteiger partial charge in [0.05, 0.1) is 22.6 Å². The van der Waals surface area contributed by atoms with E-state index in [1.165, 1.54) is 36.0 Å². The van der Waals surface area contributed by atoms with Gasteiger partial charge in [-0.05, 0) is 30.3 Å². The number of imidazole rings is 1. The Hall–Kier alpha value is -2.94. The van der Waals surface area contributed by atoms with Gasteiger partial charge in [0.25, 0.3) is 5.69 Å². The Balaban J connectivity index is 1.87. The number of non-ortho nitro benzene ring substituents is 1. The molecule has 132 valence electrons. The van der Waals surface area contributed by atoms with Gasteiger partial charge in [0.1, 0.15) is 11.1 Å². The largest absolute Gasteiger partial charge is 0.465 e. The van der Waals surface area contributed by atoms with Crippen molar-refractivity contribution >= 4 is 34.5 Å². The van der Waals surface area contributed by atoms with Crippen molar-refractivity contribution < 1.29 is 18.8 Å². The Morgan fingerprint density at radius 3 is 2.69 bits per heavy atom. The Morgan fingerprint density at radius 1 is 1.27 bits per heavy atom. The number of rotatable bonds is 4. The molecule has 2 aromatic carbocycles. The number of hydrogen-bond donors (Lipinski definition) is 0. The number of halogens is 1. The summed E-state index contributed by atoms with van der Waals surface area (Å²) in [4.78, 5) is 26.8. The van der Waals surface area contributed by atoms with E-state index in [0.29, 0.717) is 34.9 Å². The molecule has 9 heteroatoms. The highest BCUT2D eigenvalue weighted by atomic mass is 32.2. The van der Waals surface area contributed by atoms with Crippen LogP contribution in [-0.2, 0) is 9.53 Å². The van der Waals surface area contributed by atoms with Gasteiger partial charge in [-0.25, -0.2) is 9.37 Å². The number of aromatic nitrogens is 2. The van der Waals surface area contributed by atoms with Crippen LogP contribution in [-0.4, -0.2) is 32.3 Å². The molecule has 0 spiro atoms. The summed E-state index contributed by atoms with van der Waals surface area (Å²) in [5.41, 5.74) is 1.64. The van der Waals surface area contributed by atoms with E-state index in [9.17, 15) is 19.3 Å². The number of hydrogen-bond acceptors (Lipinski definition) is 6. The third-order valence-electron chi connectivity index (χ3n) is 4.04. The molecule has 1 atom stereocenters. The molecular formula is C17H12FN3O4S. The lowest BCUT2D eigenvalue weighted by molar-refractivity contribution is -0.384. The molecule has 1 aromatic heterocycles. The smallest absolute Gasteiger partial charge is 0.319 e. The number of esters is 1. The Bertz CT molecular complexity index is 1020. The fourth-order valence-corrected chi connectivity index (χ4v) is 3.88. The number of nitrogens with zero attached hydrogens (tertiary/aromatic N) is 3. The van der Waals surface area contributed by atoms with Crippen LogP contribution in [0.2, 0.25) is 0 Å². The van der Waals surface area contributed by atoms with Crippen LogP contribution in [0.5, 0.6) is 0 Å². The lowest BCUT2D eigenvalue weighted by atomic mass is 10.2. The average Bonchev–Trinajstić information content (AvgIpc) is 3.18. The highest BCUT2D eigenvalue weighted by Crippen LogP contribution is 2.34. The molecule has 0 unspecified atom stereocenters. The number of nitro groups is 1. The van der Waals surface area contributed by atoms with Crippen LogP contribution in [0.4, 0.5) is 10.1 Å². The first-order chi connectivity index (χ1) is 12.5. The topological polar surface area (TPSA) is 87.3 Å². The first-order valence-electron chi connectivity index (χ1n) is 7.79. The van der Waals surface area contributed by atoms with Crippen LogP contribution in [0.15, 0.2) is 47.6 Å². The number of benzene rings is 2. The van der Waals surface area contributed by atoms with E-state index in [1.807, 2.05) is 0 Å². The number of thioether (sulfide) groups is 1. The molecule has 26 heavy (non-hydrogen) atoms. The zero-order valence-electron chi connectivity index (χ0n) is 13.3. The second kappa shape index (κ2) is 6.41. The Morgan fingerprint density at radius 2 is 2.04 bits per heavy atom. The van der Waals surface area contributed by atoms with Crippen molar-refractivity contribution in [2.24, 2.45) is 0 Å². The van der Waals surface area contributed by atoms with Crippen molar-refractivity contribution in [2.45, 2.75) is 16.8 Å². The highest BCUT2D eigenvalue weighted by molar-refractivity contribution is 8.00. The highest BCUT2D eigenvalue weighted by Gasteiger charge is 2.30. The third-order valence-corrected chi connectivity index (χ3v) is 5.24. The van der Waals surface area contributed by atoms with Gasteiger partial charge >= 0.3 is 5.97 Å². The van der Waals surface area contributed by atoms with E-state index in [0.717, 1.165) is 0 Å². The van der Waals surface area contributed by atoms with Crippen LogP contribution in [0, 0.1) is 15.9 Å². The van der Waals surface area contributed by atoms with Crippen molar-refractivity contribution in [1.29, 1.82) is 0 Å². The summed E-state index contributed by atoms with van der Waals surface area (Å²) in [7, 11) is 0. The molecule has 1 fully saturated rings. The van der Waals surface area contributed by atoms with Crippen molar-refractivity contribution in [3.63, 3.8) is 0 Å². The summed E-state index contributed by atoms with van der Waals surface area (Å²) in [6.45, 7) is 0.360. The van der Waals surface area contributed by atoms with Gasteiger partial charge in [0.15, 0.2) is 5.16 Å². The van der Waals surface area contributed by atoms with E-state index >= 15 is 0 Å². The van der Waals surface area contributed by atoms with E-state index in [4.69, 9.17) is 4.74 Å². The predicted octanol–water partition coefficient (Wildman–Crippen LogP) is 3.48. The van der Waals surface area contributed by atoms with Crippen LogP contribution in [0.1, 0.15) is 6.42 Å². The second-order valence-corrected chi connectivity index (χ2v) is 6.87. The van der Waals surface area contributed by atoms with Gasteiger partial charge in [-0.15, -0.1) is 0 Å². The number of ether oxygens (including phenoxy) is 1. The molecule has 1 aliphatic rings. The van der Waals surface area contributed by atoms with Gasteiger partial charge in [-0.1, -0.05) is 11.8 Å². The lowest BCUT2D eigenvalue weighted by Crippen LogP contribution is -2.11. The first-order valence-corrected chi connectivity index (χ1v) is 8.67. The van der Waals surface area contributed by atoms with Gasteiger partial charge in [0, 0.05) is 24.2 Å². The molecule has 1 saturated heterocycles. The molecule has 0 aliphatic carbocycles. The molecular weight excluding hydrogens is 361 g/mol. The molecule has 0 radical (unpaired) electrons. The van der Waals surface area contributed by atoms with Crippen LogP contribution >= 0.6 is 11.8 Å². The SMILES string of the molecule is O=C1OCC[C@H]1Sc1nc2cc([N+](=O)[O-])ccc2n1-c1ccc(F)cc1. The molecule has 4 rings (SSSR count). The van der Waals surface area contributed by atoms with Crippen molar-refractivity contribution in [1.82, 2.24) is 9.55 Å².